The highest BCUT2D eigenvalue weighted by molar-refractivity contribution is 5.82. The van der Waals surface area contributed by atoms with Gasteiger partial charge in [0.05, 0.1) is 0 Å². The number of rotatable bonds is 9. The third-order valence-electron chi connectivity index (χ3n) is 3.45. The minimum absolute atomic E-state index is 0.0848. The molecule has 20 heavy (non-hydrogen) atoms. The Bertz CT molecular complexity index is 376. The average Bonchev–Trinajstić information content (AvgIpc) is 2.45. The van der Waals surface area contributed by atoms with Gasteiger partial charge in [0.2, 0.25) is 5.91 Å². The summed E-state index contributed by atoms with van der Waals surface area (Å²) in [4.78, 5) is 11.9. The Morgan fingerprint density at radius 3 is 2.40 bits per heavy atom. The summed E-state index contributed by atoms with van der Waals surface area (Å²) in [6.45, 7) is 5.23. The summed E-state index contributed by atoms with van der Waals surface area (Å²) in [5.41, 5.74) is 6.79. The number of nitrogens with two attached hydrogens (primary N) is 1. The third kappa shape index (κ3) is 6.71. The van der Waals surface area contributed by atoms with Crippen LogP contribution in [0, 0.1) is 5.92 Å². The van der Waals surface area contributed by atoms with Gasteiger partial charge in [-0.2, -0.15) is 0 Å². The summed E-state index contributed by atoms with van der Waals surface area (Å²) in [5, 5.41) is 2.92. The summed E-state index contributed by atoms with van der Waals surface area (Å²) in [7, 11) is 0. The lowest BCUT2D eigenvalue weighted by atomic mass is 10.0. The normalized spacial score (nSPS) is 12.4. The minimum Gasteiger partial charge on any atom is -0.354 e. The van der Waals surface area contributed by atoms with Crippen LogP contribution in [0.4, 0.5) is 0 Å². The standard InChI is InChI=1S/C17H28N2O/c1-14(2)10-6-3-4-9-13-19-17(20)16(18)15-11-7-5-8-12-15/h5,7-8,11-12,14,16H,3-4,6,9-10,13,18H2,1-2H3,(H,19,20). The maximum atomic E-state index is 11.9. The molecular weight excluding hydrogens is 248 g/mol. The molecular formula is C17H28N2O. The molecule has 0 radical (unpaired) electrons. The van der Waals surface area contributed by atoms with Gasteiger partial charge < -0.3 is 11.1 Å². The zero-order valence-electron chi connectivity index (χ0n) is 12.8. The molecule has 0 saturated heterocycles. The summed E-state index contributed by atoms with van der Waals surface area (Å²) in [5.74, 6) is 0.706. The molecule has 1 aromatic carbocycles. The second kappa shape index (κ2) is 9.54. The lowest BCUT2D eigenvalue weighted by Crippen LogP contribution is -2.34. The largest absolute Gasteiger partial charge is 0.354 e. The number of carbonyl (C=O) groups is 1. The third-order valence-corrected chi connectivity index (χ3v) is 3.45. The number of carbonyl (C=O) groups excluding carboxylic acids is 1. The molecule has 1 rings (SSSR count). The molecule has 0 spiro atoms. The van der Waals surface area contributed by atoms with E-state index in [9.17, 15) is 4.79 Å². The molecule has 1 atom stereocenters. The predicted octanol–water partition coefficient (Wildman–Crippen LogP) is 3.41. The summed E-state index contributed by atoms with van der Waals surface area (Å²) in [6, 6.07) is 8.93. The molecule has 0 aliphatic rings. The number of amides is 1. The van der Waals surface area contributed by atoms with Crippen LogP contribution in [0.25, 0.3) is 0 Å². The lowest BCUT2D eigenvalue weighted by molar-refractivity contribution is -0.122. The van der Waals surface area contributed by atoms with E-state index in [-0.39, 0.29) is 5.91 Å². The second-order valence-electron chi connectivity index (χ2n) is 5.78. The number of benzene rings is 1. The van der Waals surface area contributed by atoms with Crippen molar-refractivity contribution in [3.05, 3.63) is 35.9 Å². The smallest absolute Gasteiger partial charge is 0.241 e. The molecule has 3 heteroatoms. The first kappa shape index (κ1) is 16.7. The van der Waals surface area contributed by atoms with Gasteiger partial charge in [0, 0.05) is 6.54 Å². The highest BCUT2D eigenvalue weighted by atomic mass is 16.2. The van der Waals surface area contributed by atoms with Gasteiger partial charge in [-0.3, -0.25) is 4.79 Å². The molecule has 3 N–H and O–H groups in total. The summed E-state index contributed by atoms with van der Waals surface area (Å²) < 4.78 is 0. The van der Waals surface area contributed by atoms with Gasteiger partial charge in [-0.15, -0.1) is 0 Å². The fourth-order valence-corrected chi connectivity index (χ4v) is 2.16. The van der Waals surface area contributed by atoms with Gasteiger partial charge in [-0.1, -0.05) is 69.9 Å². The van der Waals surface area contributed by atoms with Crippen LogP contribution in [-0.4, -0.2) is 12.5 Å². The van der Waals surface area contributed by atoms with E-state index in [1.54, 1.807) is 0 Å². The van der Waals surface area contributed by atoms with E-state index in [0.717, 1.165) is 24.4 Å². The molecule has 0 bridgehead atoms. The summed E-state index contributed by atoms with van der Waals surface area (Å²) >= 11 is 0. The van der Waals surface area contributed by atoms with Crippen LogP contribution in [0.2, 0.25) is 0 Å². The van der Waals surface area contributed by atoms with E-state index in [1.165, 1.54) is 25.7 Å². The van der Waals surface area contributed by atoms with Crippen molar-refractivity contribution in [1.29, 1.82) is 0 Å². The molecule has 1 aromatic rings. The second-order valence-corrected chi connectivity index (χ2v) is 5.78. The zero-order valence-corrected chi connectivity index (χ0v) is 12.8. The fourth-order valence-electron chi connectivity index (χ4n) is 2.16. The zero-order chi connectivity index (χ0) is 14.8. The predicted molar refractivity (Wildman–Crippen MR) is 84.3 cm³/mol. The van der Waals surface area contributed by atoms with Gasteiger partial charge in [-0.05, 0) is 17.9 Å². The van der Waals surface area contributed by atoms with Gasteiger partial charge in [0.1, 0.15) is 6.04 Å². The van der Waals surface area contributed by atoms with Crippen LogP contribution in [0.1, 0.15) is 57.6 Å². The van der Waals surface area contributed by atoms with Crippen molar-refractivity contribution in [3.8, 4) is 0 Å². The van der Waals surface area contributed by atoms with Crippen molar-refractivity contribution in [2.45, 2.75) is 52.0 Å². The molecule has 1 unspecified atom stereocenters. The lowest BCUT2D eigenvalue weighted by Gasteiger charge is -2.12. The van der Waals surface area contributed by atoms with Gasteiger partial charge in [0.15, 0.2) is 0 Å². The monoisotopic (exact) mass is 276 g/mol. The molecule has 0 heterocycles. The van der Waals surface area contributed by atoms with Crippen LogP contribution in [-0.2, 0) is 4.79 Å². The van der Waals surface area contributed by atoms with Gasteiger partial charge in [-0.25, -0.2) is 0 Å². The molecule has 0 saturated carbocycles. The van der Waals surface area contributed by atoms with E-state index >= 15 is 0 Å². The van der Waals surface area contributed by atoms with E-state index in [0.29, 0.717) is 0 Å². The van der Waals surface area contributed by atoms with Crippen LogP contribution >= 0.6 is 0 Å². The Morgan fingerprint density at radius 2 is 1.75 bits per heavy atom. The van der Waals surface area contributed by atoms with Crippen molar-refractivity contribution in [3.63, 3.8) is 0 Å². The molecule has 0 aliphatic carbocycles. The highest BCUT2D eigenvalue weighted by Gasteiger charge is 2.14. The Hall–Kier alpha value is -1.35. The first-order chi connectivity index (χ1) is 9.61. The van der Waals surface area contributed by atoms with Crippen molar-refractivity contribution < 1.29 is 4.79 Å². The van der Waals surface area contributed by atoms with E-state index in [4.69, 9.17) is 5.73 Å². The van der Waals surface area contributed by atoms with Crippen LogP contribution in [0.3, 0.4) is 0 Å². The Morgan fingerprint density at radius 1 is 1.10 bits per heavy atom. The van der Waals surface area contributed by atoms with Crippen molar-refractivity contribution in [1.82, 2.24) is 5.32 Å². The first-order valence-corrected chi connectivity index (χ1v) is 7.69. The molecule has 0 aliphatic heterocycles. The molecule has 0 aromatic heterocycles. The van der Waals surface area contributed by atoms with Crippen LogP contribution in [0.15, 0.2) is 30.3 Å². The number of hydrogen-bond donors (Lipinski definition) is 2. The highest BCUT2D eigenvalue weighted by Crippen LogP contribution is 2.10. The Balaban J connectivity index is 2.11. The van der Waals surface area contributed by atoms with Crippen LogP contribution in [0.5, 0.6) is 0 Å². The fraction of sp³-hybridized carbons (Fsp3) is 0.588. The van der Waals surface area contributed by atoms with E-state index < -0.39 is 6.04 Å². The maximum absolute atomic E-state index is 11.9. The SMILES string of the molecule is CC(C)CCCCCCNC(=O)C(N)c1ccccc1. The maximum Gasteiger partial charge on any atom is 0.241 e. The Kier molecular flexibility index (Phi) is 7.97. The van der Waals surface area contributed by atoms with Crippen LogP contribution < -0.4 is 11.1 Å². The number of nitrogens with one attached hydrogen (secondary N) is 1. The van der Waals surface area contributed by atoms with E-state index in [2.05, 4.69) is 19.2 Å². The first-order valence-electron chi connectivity index (χ1n) is 7.69. The molecule has 0 fully saturated rings. The van der Waals surface area contributed by atoms with E-state index in [1.807, 2.05) is 30.3 Å². The Labute approximate surface area is 122 Å². The summed E-state index contributed by atoms with van der Waals surface area (Å²) in [6.07, 6.45) is 6.04. The number of unbranched alkanes of at least 4 members (excludes halogenated alkanes) is 3. The molecule has 3 nitrogen and oxygen atoms in total. The average molecular weight is 276 g/mol. The van der Waals surface area contributed by atoms with Gasteiger partial charge in [0.25, 0.3) is 0 Å². The number of hydrogen-bond acceptors (Lipinski definition) is 2. The minimum atomic E-state index is -0.558. The van der Waals surface area contributed by atoms with Gasteiger partial charge >= 0.3 is 0 Å². The van der Waals surface area contributed by atoms with Crippen molar-refractivity contribution in [2.75, 3.05) is 6.54 Å². The quantitative estimate of drug-likeness (QED) is 0.679. The van der Waals surface area contributed by atoms with Crippen molar-refractivity contribution >= 4 is 5.91 Å². The molecule has 1 amide bonds. The topological polar surface area (TPSA) is 55.1 Å². The van der Waals surface area contributed by atoms with Crippen molar-refractivity contribution in [2.24, 2.45) is 11.7 Å². The molecule has 112 valence electrons.